The molecule has 9 nitrogen and oxygen atoms in total. The fraction of sp³-hybridized carbons (Fsp3) is 0.308. The smallest absolute Gasteiger partial charge is 0.251 e. The fourth-order valence-corrected chi connectivity index (χ4v) is 4.32. The molecule has 0 aliphatic carbocycles. The largest absolute Gasteiger partial charge is 0.489 e. The lowest BCUT2D eigenvalue weighted by atomic mass is 9.93. The molecular formula is C26H28N4O5. The highest BCUT2D eigenvalue weighted by Crippen LogP contribution is 2.22. The van der Waals surface area contributed by atoms with Crippen LogP contribution in [-0.2, 0) is 16.2 Å². The Bertz CT molecular complexity index is 1230. The van der Waals surface area contributed by atoms with Gasteiger partial charge in [-0.2, -0.15) is 0 Å². The number of pyridine rings is 1. The molecule has 3 aromatic rings. The molecule has 1 aromatic heterocycles. The fourth-order valence-electron chi connectivity index (χ4n) is 4.32. The number of rotatable bonds is 7. The van der Waals surface area contributed by atoms with Crippen LogP contribution in [0.5, 0.6) is 5.75 Å². The molecule has 4 rings (SSSR count). The maximum atomic E-state index is 12.9. The zero-order valence-electron chi connectivity index (χ0n) is 19.4. The summed E-state index contributed by atoms with van der Waals surface area (Å²) >= 11 is 0. The van der Waals surface area contributed by atoms with Gasteiger partial charge in [0.2, 0.25) is 11.8 Å². The van der Waals surface area contributed by atoms with Crippen molar-refractivity contribution in [3.05, 3.63) is 71.4 Å². The van der Waals surface area contributed by atoms with Crippen LogP contribution in [0.15, 0.2) is 54.6 Å². The van der Waals surface area contributed by atoms with Crippen molar-refractivity contribution in [2.75, 3.05) is 6.54 Å². The van der Waals surface area contributed by atoms with Gasteiger partial charge in [0.05, 0.1) is 5.52 Å². The Morgan fingerprint density at radius 3 is 2.71 bits per heavy atom. The Kier molecular flexibility index (Phi) is 7.57. The van der Waals surface area contributed by atoms with Gasteiger partial charge in [-0.1, -0.05) is 18.2 Å². The molecule has 1 aliphatic heterocycles. The number of hydrogen-bond donors (Lipinski definition) is 4. The number of hydrogen-bond acceptors (Lipinski definition) is 6. The van der Waals surface area contributed by atoms with E-state index in [0.717, 1.165) is 22.2 Å². The van der Waals surface area contributed by atoms with E-state index in [-0.39, 0.29) is 37.1 Å². The van der Waals surface area contributed by atoms with Gasteiger partial charge in [0.15, 0.2) is 0 Å². The molecule has 4 N–H and O–H groups in total. The molecule has 0 saturated carbocycles. The Morgan fingerprint density at radius 2 is 1.94 bits per heavy atom. The van der Waals surface area contributed by atoms with Crippen LogP contribution in [0.25, 0.3) is 10.9 Å². The maximum Gasteiger partial charge on any atom is 0.251 e. The van der Waals surface area contributed by atoms with Gasteiger partial charge in [-0.25, -0.2) is 5.48 Å². The van der Waals surface area contributed by atoms with E-state index in [1.165, 1.54) is 0 Å². The van der Waals surface area contributed by atoms with Crippen LogP contribution in [0, 0.1) is 12.8 Å². The van der Waals surface area contributed by atoms with E-state index in [1.54, 1.807) is 29.7 Å². The summed E-state index contributed by atoms with van der Waals surface area (Å²) < 4.78 is 5.97. The first-order valence-electron chi connectivity index (χ1n) is 11.5. The minimum atomic E-state index is -0.566. The number of amides is 3. The second-order valence-corrected chi connectivity index (χ2v) is 8.67. The highest BCUT2D eigenvalue weighted by molar-refractivity contribution is 5.94. The number of aromatic nitrogens is 1. The van der Waals surface area contributed by atoms with E-state index in [1.807, 2.05) is 37.3 Å². The number of fused-ring (bicyclic) bond motifs is 1. The Hall–Kier alpha value is -3.98. The number of hydroxylamine groups is 1. The van der Waals surface area contributed by atoms with Gasteiger partial charge in [-0.15, -0.1) is 0 Å². The zero-order valence-corrected chi connectivity index (χ0v) is 19.4. The summed E-state index contributed by atoms with van der Waals surface area (Å²) in [6, 6.07) is 16.4. The van der Waals surface area contributed by atoms with Gasteiger partial charge < -0.3 is 15.4 Å². The number of carbonyl (C=O) groups is 3. The van der Waals surface area contributed by atoms with Gasteiger partial charge in [-0.05, 0) is 49.7 Å². The third-order valence-electron chi connectivity index (χ3n) is 6.14. The highest BCUT2D eigenvalue weighted by Gasteiger charge is 2.29. The molecule has 2 heterocycles. The highest BCUT2D eigenvalue weighted by atomic mass is 16.5. The van der Waals surface area contributed by atoms with Crippen molar-refractivity contribution in [3.8, 4) is 5.75 Å². The van der Waals surface area contributed by atoms with E-state index in [2.05, 4.69) is 15.6 Å². The summed E-state index contributed by atoms with van der Waals surface area (Å²) in [4.78, 5) is 40.9. The molecule has 3 amide bonds. The van der Waals surface area contributed by atoms with E-state index in [0.29, 0.717) is 24.3 Å². The molecule has 0 bridgehead atoms. The summed E-state index contributed by atoms with van der Waals surface area (Å²) in [5.41, 5.74) is 4.92. The van der Waals surface area contributed by atoms with Crippen molar-refractivity contribution in [1.29, 1.82) is 0 Å². The van der Waals surface area contributed by atoms with E-state index < -0.39 is 11.9 Å². The van der Waals surface area contributed by atoms with E-state index in [9.17, 15) is 14.4 Å². The van der Waals surface area contributed by atoms with Crippen LogP contribution in [0.1, 0.15) is 40.9 Å². The molecular weight excluding hydrogens is 448 g/mol. The first-order chi connectivity index (χ1) is 16.9. The average molecular weight is 477 g/mol. The van der Waals surface area contributed by atoms with Crippen molar-refractivity contribution < 1.29 is 24.3 Å². The SMILES string of the molecule is Cc1cc(COc2ccc(C(=O)N[C@@H]3CCC(=O)NC[C@@H]3CC(=O)NO)cc2)c2ccccc2n1. The molecule has 2 aromatic carbocycles. The third kappa shape index (κ3) is 6.13. The van der Waals surface area contributed by atoms with Gasteiger partial charge in [-0.3, -0.25) is 24.6 Å². The molecule has 1 fully saturated rings. The maximum absolute atomic E-state index is 12.9. The standard InChI is InChI=1S/C26H28N4O5/c1-16-12-19(21-4-2-3-5-23(21)28-16)15-35-20-8-6-17(7-9-20)26(33)29-22-10-11-24(31)27-14-18(22)13-25(32)30-34/h2-9,12,18,22,34H,10-11,13-15H2,1H3,(H,27,31)(H,29,33)(H,30,32)/t18-,22+/m0/s1. The number of nitrogens with zero attached hydrogens (tertiary/aromatic N) is 1. The molecule has 1 saturated heterocycles. The van der Waals surface area contributed by atoms with Crippen LogP contribution in [0.3, 0.4) is 0 Å². The first-order valence-corrected chi connectivity index (χ1v) is 11.5. The van der Waals surface area contributed by atoms with Gasteiger partial charge in [0, 0.05) is 53.6 Å². The number of carbonyl (C=O) groups excluding carboxylic acids is 3. The molecule has 9 heteroatoms. The Labute approximate surface area is 202 Å². The molecule has 182 valence electrons. The normalized spacial score (nSPS) is 17.8. The van der Waals surface area contributed by atoms with E-state index >= 15 is 0 Å². The summed E-state index contributed by atoms with van der Waals surface area (Å²) in [7, 11) is 0. The van der Waals surface area contributed by atoms with E-state index in [4.69, 9.17) is 9.94 Å². The molecule has 0 radical (unpaired) electrons. The third-order valence-corrected chi connectivity index (χ3v) is 6.14. The quantitative estimate of drug-likeness (QED) is 0.306. The molecule has 0 unspecified atom stereocenters. The molecule has 35 heavy (non-hydrogen) atoms. The van der Waals surface area contributed by atoms with Crippen LogP contribution < -0.4 is 20.9 Å². The second kappa shape index (κ2) is 11.0. The second-order valence-electron chi connectivity index (χ2n) is 8.67. The lowest BCUT2D eigenvalue weighted by Gasteiger charge is -2.25. The first kappa shape index (κ1) is 24.2. The number of benzene rings is 2. The van der Waals surface area contributed by atoms with Crippen LogP contribution in [0.4, 0.5) is 0 Å². The summed E-state index contributed by atoms with van der Waals surface area (Å²) in [5, 5.41) is 15.6. The van der Waals surface area contributed by atoms with Crippen molar-refractivity contribution in [2.24, 2.45) is 5.92 Å². The van der Waals surface area contributed by atoms with Gasteiger partial charge in [0.1, 0.15) is 12.4 Å². The van der Waals surface area contributed by atoms with Crippen molar-refractivity contribution >= 4 is 28.6 Å². The van der Waals surface area contributed by atoms with Crippen molar-refractivity contribution in [2.45, 2.75) is 38.8 Å². The number of ether oxygens (including phenoxy) is 1. The summed E-state index contributed by atoms with van der Waals surface area (Å²) in [6.45, 7) is 2.56. The monoisotopic (exact) mass is 476 g/mol. The van der Waals surface area contributed by atoms with Crippen LogP contribution >= 0.6 is 0 Å². The number of nitrogens with one attached hydrogen (secondary N) is 3. The van der Waals surface area contributed by atoms with Crippen molar-refractivity contribution in [1.82, 2.24) is 21.1 Å². The van der Waals surface area contributed by atoms with Crippen LogP contribution in [0.2, 0.25) is 0 Å². The lowest BCUT2D eigenvalue weighted by Crippen LogP contribution is -2.44. The number of aryl methyl sites for hydroxylation is 1. The van der Waals surface area contributed by atoms with Crippen LogP contribution in [-0.4, -0.2) is 40.5 Å². The predicted molar refractivity (Wildman–Crippen MR) is 129 cm³/mol. The summed E-state index contributed by atoms with van der Waals surface area (Å²) in [6.07, 6.45) is 0.636. The molecule has 1 aliphatic rings. The predicted octanol–water partition coefficient (Wildman–Crippen LogP) is 2.64. The van der Waals surface area contributed by atoms with Gasteiger partial charge >= 0.3 is 0 Å². The molecule has 0 spiro atoms. The van der Waals surface area contributed by atoms with Gasteiger partial charge in [0.25, 0.3) is 5.91 Å². The zero-order chi connectivity index (χ0) is 24.8. The minimum Gasteiger partial charge on any atom is -0.489 e. The topological polar surface area (TPSA) is 130 Å². The Morgan fingerprint density at radius 1 is 1.17 bits per heavy atom. The summed E-state index contributed by atoms with van der Waals surface area (Å²) in [5.74, 6) is -0.708. The number of para-hydroxylation sites is 1. The van der Waals surface area contributed by atoms with Crippen molar-refractivity contribution in [3.63, 3.8) is 0 Å². The average Bonchev–Trinajstić information content (AvgIpc) is 3.03. The lowest BCUT2D eigenvalue weighted by molar-refractivity contribution is -0.130. The Balaban J connectivity index is 1.40. The minimum absolute atomic E-state index is 0.0162. The molecule has 2 atom stereocenters.